The second-order valence-electron chi connectivity index (χ2n) is 4.00. The third-order valence-electron chi connectivity index (χ3n) is 2.79. The Labute approximate surface area is 121 Å². The van der Waals surface area contributed by atoms with Gasteiger partial charge in [-0.2, -0.15) is 0 Å². The Kier molecular flexibility index (Phi) is 8.22. The second kappa shape index (κ2) is 8.50. The molecule has 0 aromatic heterocycles. The summed E-state index contributed by atoms with van der Waals surface area (Å²) in [6.07, 6.45) is 4.30. The van der Waals surface area contributed by atoms with Crippen molar-refractivity contribution in [3.05, 3.63) is 0 Å². The van der Waals surface area contributed by atoms with Gasteiger partial charge in [-0.15, -0.1) is 0 Å². The molecule has 2 aliphatic heterocycles. The molecule has 2 fully saturated rings. The number of hydrogen-bond donors (Lipinski definition) is 2. The van der Waals surface area contributed by atoms with Crippen LogP contribution in [-0.4, -0.2) is 48.0 Å². The van der Waals surface area contributed by atoms with Crippen molar-refractivity contribution in [3.63, 3.8) is 0 Å². The van der Waals surface area contributed by atoms with Gasteiger partial charge in [-0.1, -0.05) is 0 Å². The average molecular weight is 318 g/mol. The molecule has 0 bridgehead atoms. The maximum Gasteiger partial charge on any atom is 2.00 e. The molecular weight excluding hydrogens is 299 g/mol. The van der Waals surface area contributed by atoms with Gasteiger partial charge < -0.3 is 20.0 Å². The summed E-state index contributed by atoms with van der Waals surface area (Å²) in [6, 6.07) is -1.05. The molecule has 94 valence electrons. The van der Waals surface area contributed by atoms with Crippen LogP contribution in [0.1, 0.15) is 25.7 Å². The fraction of sp³-hybridized carbons (Fsp3) is 0.800. The Hall–Kier alpha value is -0.577. The first-order valence-corrected chi connectivity index (χ1v) is 5.62. The van der Waals surface area contributed by atoms with Crippen LogP contribution >= 0.6 is 0 Å². The topological polar surface area (TPSA) is 100 Å². The van der Waals surface area contributed by atoms with Crippen LogP contribution in [0.2, 0.25) is 0 Å². The predicted octanol–water partition coefficient (Wildman–Crippen LogP) is -1.25. The third kappa shape index (κ3) is 6.05. The van der Waals surface area contributed by atoms with Crippen molar-refractivity contribution >= 4 is 12.0 Å². The number of rotatable bonds is 0. The summed E-state index contributed by atoms with van der Waals surface area (Å²) in [5.41, 5.74) is 0. The van der Waals surface area contributed by atoms with Gasteiger partial charge in [0.15, 0.2) is 0 Å². The normalized spacial score (nSPS) is 18.1. The van der Waals surface area contributed by atoms with E-state index in [1.54, 1.807) is 9.80 Å². The van der Waals surface area contributed by atoms with E-state index in [4.69, 9.17) is 10.8 Å². The van der Waals surface area contributed by atoms with Crippen LogP contribution in [0.25, 0.3) is 0 Å². The molecule has 0 atom stereocenters. The maximum absolute atomic E-state index is 10.2. The monoisotopic (exact) mass is 316 g/mol. The summed E-state index contributed by atoms with van der Waals surface area (Å²) in [5, 5.41) is 33.8. The molecule has 0 saturated carbocycles. The second-order valence-corrected chi connectivity index (χ2v) is 4.00. The Balaban J connectivity index is 0.000000284. The molecular formula is C10H18N4O2Zr. The van der Waals surface area contributed by atoms with Gasteiger partial charge in [-0.3, -0.25) is 10.8 Å². The zero-order valence-corrected chi connectivity index (χ0v) is 12.3. The molecule has 2 aliphatic rings. The molecule has 17 heavy (non-hydrogen) atoms. The Morgan fingerprint density at radius 3 is 1.06 bits per heavy atom. The van der Waals surface area contributed by atoms with E-state index in [0.29, 0.717) is 0 Å². The molecule has 2 N–H and O–H groups in total. The van der Waals surface area contributed by atoms with Crippen molar-refractivity contribution in [1.82, 2.24) is 9.80 Å². The van der Waals surface area contributed by atoms with Crippen LogP contribution in [-0.2, 0) is 26.2 Å². The van der Waals surface area contributed by atoms with Crippen LogP contribution in [0.5, 0.6) is 0 Å². The predicted molar refractivity (Wildman–Crippen MR) is 57.1 cm³/mol. The van der Waals surface area contributed by atoms with Crippen LogP contribution in [0.3, 0.4) is 0 Å². The minimum absolute atomic E-state index is 0. The molecule has 0 aromatic carbocycles. The van der Waals surface area contributed by atoms with Crippen LogP contribution in [0.15, 0.2) is 0 Å². The fourth-order valence-corrected chi connectivity index (χ4v) is 1.84. The van der Waals surface area contributed by atoms with E-state index >= 15 is 0 Å². The number of likely N-dealkylation sites (tertiary alicyclic amines) is 2. The molecule has 0 unspecified atom stereocenters. The molecule has 2 heterocycles. The van der Waals surface area contributed by atoms with Gasteiger partial charge in [0.05, 0.1) is 0 Å². The largest absolute Gasteiger partial charge is 2.00 e. The third-order valence-corrected chi connectivity index (χ3v) is 2.79. The smallest absolute Gasteiger partial charge is 0.846 e. The fourth-order valence-electron chi connectivity index (χ4n) is 1.84. The van der Waals surface area contributed by atoms with Crippen molar-refractivity contribution in [3.8, 4) is 0 Å². The Morgan fingerprint density at radius 2 is 0.941 bits per heavy atom. The maximum atomic E-state index is 10.2. The van der Waals surface area contributed by atoms with Crippen LogP contribution in [0, 0.1) is 10.8 Å². The summed E-state index contributed by atoms with van der Waals surface area (Å²) < 4.78 is 0. The Morgan fingerprint density at radius 1 is 0.706 bits per heavy atom. The van der Waals surface area contributed by atoms with E-state index < -0.39 is 12.0 Å². The van der Waals surface area contributed by atoms with E-state index in [9.17, 15) is 10.2 Å². The number of amidine groups is 2. The van der Waals surface area contributed by atoms with Crippen LogP contribution in [0.4, 0.5) is 0 Å². The molecule has 0 aromatic rings. The van der Waals surface area contributed by atoms with E-state index in [2.05, 4.69) is 0 Å². The summed E-state index contributed by atoms with van der Waals surface area (Å²) >= 11 is 0. The molecule has 0 radical (unpaired) electrons. The number of hydrogen-bond acceptors (Lipinski definition) is 4. The van der Waals surface area contributed by atoms with Crippen molar-refractivity contribution in [2.24, 2.45) is 0 Å². The van der Waals surface area contributed by atoms with Gasteiger partial charge in [0.2, 0.25) is 0 Å². The quantitative estimate of drug-likeness (QED) is 0.431. The molecule has 0 amide bonds. The zero-order valence-electron chi connectivity index (χ0n) is 9.87. The number of nitrogens with one attached hydrogen (secondary N) is 2. The molecule has 7 heteroatoms. The zero-order chi connectivity index (χ0) is 12.0. The summed E-state index contributed by atoms with van der Waals surface area (Å²) in [6.45, 7) is 3.18. The van der Waals surface area contributed by atoms with E-state index in [1.807, 2.05) is 0 Å². The summed E-state index contributed by atoms with van der Waals surface area (Å²) in [5.74, 6) is 0. The van der Waals surface area contributed by atoms with Gasteiger partial charge in [0.1, 0.15) is 0 Å². The number of nitrogens with zero attached hydrogens (tertiary/aromatic N) is 2. The molecule has 2 saturated heterocycles. The Bertz CT molecular complexity index is 225. The minimum atomic E-state index is -0.525. The van der Waals surface area contributed by atoms with E-state index in [1.165, 1.54) is 0 Å². The first-order chi connectivity index (χ1) is 7.61. The van der Waals surface area contributed by atoms with Gasteiger partial charge in [0, 0.05) is 38.2 Å². The molecule has 2 rings (SSSR count). The van der Waals surface area contributed by atoms with Crippen molar-refractivity contribution in [2.75, 3.05) is 26.2 Å². The first kappa shape index (κ1) is 16.4. The first-order valence-electron chi connectivity index (χ1n) is 5.62. The van der Waals surface area contributed by atoms with Gasteiger partial charge in [-0.05, 0) is 25.7 Å². The molecule has 6 nitrogen and oxygen atoms in total. The minimum Gasteiger partial charge on any atom is -0.846 e. The van der Waals surface area contributed by atoms with Crippen molar-refractivity contribution in [1.29, 1.82) is 10.8 Å². The van der Waals surface area contributed by atoms with Crippen molar-refractivity contribution < 1.29 is 36.4 Å². The molecule has 0 spiro atoms. The SMILES string of the molecule is N=C([O-])N1CCCC1.N=C([O-])N1CCCC1.[Zr+2]. The van der Waals surface area contributed by atoms with Crippen molar-refractivity contribution in [2.45, 2.75) is 25.7 Å². The summed E-state index contributed by atoms with van der Waals surface area (Å²) in [4.78, 5) is 3.11. The van der Waals surface area contributed by atoms with E-state index in [0.717, 1.165) is 51.9 Å². The summed E-state index contributed by atoms with van der Waals surface area (Å²) in [7, 11) is 0. The van der Waals surface area contributed by atoms with Crippen LogP contribution < -0.4 is 10.2 Å². The van der Waals surface area contributed by atoms with Gasteiger partial charge in [-0.25, -0.2) is 0 Å². The van der Waals surface area contributed by atoms with Gasteiger partial charge >= 0.3 is 26.2 Å². The van der Waals surface area contributed by atoms with Gasteiger partial charge in [0.25, 0.3) is 0 Å². The molecule has 0 aliphatic carbocycles. The van der Waals surface area contributed by atoms with E-state index in [-0.39, 0.29) is 26.2 Å². The standard InChI is InChI=1S/2C5H10N2O.Zr/c2*6-5(8)7-3-1-2-4-7;/h2*1-4H2,(H2,6,8);/q;;+2/p-2. The average Bonchev–Trinajstić information content (AvgIpc) is 2.93.